The zero-order chi connectivity index (χ0) is 18.1. The van der Waals surface area contributed by atoms with E-state index in [0.717, 1.165) is 15.9 Å². The molecule has 0 aliphatic rings. The molecule has 0 aliphatic heterocycles. The van der Waals surface area contributed by atoms with Gasteiger partial charge in [0.15, 0.2) is 5.82 Å². The molecule has 0 fully saturated rings. The highest BCUT2D eigenvalue weighted by atomic mass is 19.1. The standard InChI is InChI=1S/C20H15FN4O/c1-13-2-4-15(5-3-13)20-24-18(14-6-8-16(21)9-7-14)19(25(20)26)17-10-11-22-12-23-17/h2-12,26H,1H3. The Bertz CT molecular complexity index is 1040. The van der Waals surface area contributed by atoms with Crippen LogP contribution in [-0.4, -0.2) is 24.9 Å². The average molecular weight is 346 g/mol. The maximum Gasteiger partial charge on any atom is 0.176 e. The number of benzene rings is 2. The van der Waals surface area contributed by atoms with Gasteiger partial charge in [0.25, 0.3) is 0 Å². The Morgan fingerprint density at radius 1 is 0.923 bits per heavy atom. The molecule has 0 aliphatic carbocycles. The van der Waals surface area contributed by atoms with Crippen LogP contribution in [0.25, 0.3) is 34.0 Å². The van der Waals surface area contributed by atoms with Gasteiger partial charge in [0, 0.05) is 17.3 Å². The molecule has 0 bridgehead atoms. The van der Waals surface area contributed by atoms with Crippen molar-refractivity contribution in [3.63, 3.8) is 0 Å². The fraction of sp³-hybridized carbons (Fsp3) is 0.0500. The Kier molecular flexibility index (Phi) is 3.93. The number of nitrogens with zero attached hydrogens (tertiary/aromatic N) is 4. The third-order valence-corrected chi connectivity index (χ3v) is 4.11. The SMILES string of the molecule is Cc1ccc(-c2nc(-c3ccc(F)cc3)c(-c3ccncn3)n2O)cc1. The van der Waals surface area contributed by atoms with Crippen LogP contribution in [-0.2, 0) is 0 Å². The second kappa shape index (κ2) is 6.40. The molecule has 4 aromatic rings. The number of halogens is 1. The average Bonchev–Trinajstić information content (AvgIpc) is 3.01. The Balaban J connectivity index is 1.96. The molecule has 0 amide bonds. The van der Waals surface area contributed by atoms with Crippen molar-refractivity contribution in [1.29, 1.82) is 0 Å². The highest BCUT2D eigenvalue weighted by molar-refractivity contribution is 5.80. The zero-order valence-corrected chi connectivity index (χ0v) is 14.0. The van der Waals surface area contributed by atoms with Crippen LogP contribution < -0.4 is 0 Å². The smallest absolute Gasteiger partial charge is 0.176 e. The molecule has 0 atom stereocenters. The fourth-order valence-corrected chi connectivity index (χ4v) is 2.77. The molecule has 26 heavy (non-hydrogen) atoms. The maximum absolute atomic E-state index is 13.3. The van der Waals surface area contributed by atoms with Crippen LogP contribution in [0.1, 0.15) is 5.56 Å². The van der Waals surface area contributed by atoms with E-state index in [4.69, 9.17) is 0 Å². The molecule has 128 valence electrons. The van der Waals surface area contributed by atoms with Crippen molar-refractivity contribution < 1.29 is 9.60 Å². The summed E-state index contributed by atoms with van der Waals surface area (Å²) in [4.78, 5) is 12.8. The highest BCUT2D eigenvalue weighted by Crippen LogP contribution is 2.34. The minimum absolute atomic E-state index is 0.334. The van der Waals surface area contributed by atoms with Crippen molar-refractivity contribution in [1.82, 2.24) is 19.7 Å². The minimum atomic E-state index is -0.334. The first-order valence-corrected chi connectivity index (χ1v) is 8.05. The van der Waals surface area contributed by atoms with Crippen LogP contribution in [0.3, 0.4) is 0 Å². The fourth-order valence-electron chi connectivity index (χ4n) is 2.77. The summed E-state index contributed by atoms with van der Waals surface area (Å²) in [7, 11) is 0. The largest absolute Gasteiger partial charge is 0.426 e. The van der Waals surface area contributed by atoms with Crippen molar-refractivity contribution >= 4 is 0 Å². The van der Waals surface area contributed by atoms with E-state index in [-0.39, 0.29) is 5.82 Å². The Labute approximate surface area is 149 Å². The van der Waals surface area contributed by atoms with Crippen molar-refractivity contribution in [2.45, 2.75) is 6.92 Å². The molecule has 0 unspecified atom stereocenters. The van der Waals surface area contributed by atoms with Crippen molar-refractivity contribution in [2.75, 3.05) is 0 Å². The summed E-state index contributed by atoms with van der Waals surface area (Å²) in [5.74, 6) is 0.0532. The predicted octanol–water partition coefficient (Wildman–Crippen LogP) is 4.36. The first-order chi connectivity index (χ1) is 12.6. The van der Waals surface area contributed by atoms with E-state index in [2.05, 4.69) is 15.0 Å². The van der Waals surface area contributed by atoms with E-state index in [1.165, 1.54) is 18.5 Å². The highest BCUT2D eigenvalue weighted by Gasteiger charge is 2.21. The van der Waals surface area contributed by atoms with Crippen LogP contribution in [0.2, 0.25) is 0 Å². The molecule has 1 N–H and O–H groups in total. The van der Waals surface area contributed by atoms with Crippen molar-refractivity contribution in [2.24, 2.45) is 0 Å². The van der Waals surface area contributed by atoms with Gasteiger partial charge in [-0.25, -0.2) is 19.3 Å². The molecule has 0 saturated heterocycles. The Morgan fingerprint density at radius 2 is 1.62 bits per heavy atom. The van der Waals surface area contributed by atoms with Crippen LogP contribution in [0, 0.1) is 12.7 Å². The summed E-state index contributed by atoms with van der Waals surface area (Å²) < 4.78 is 14.3. The van der Waals surface area contributed by atoms with E-state index < -0.39 is 0 Å². The third-order valence-electron chi connectivity index (χ3n) is 4.11. The summed E-state index contributed by atoms with van der Waals surface area (Å²) in [5, 5.41) is 10.8. The van der Waals surface area contributed by atoms with Crippen LogP contribution in [0.5, 0.6) is 0 Å². The van der Waals surface area contributed by atoms with Crippen LogP contribution in [0.15, 0.2) is 67.1 Å². The molecule has 0 saturated carbocycles. The number of hydrogen-bond acceptors (Lipinski definition) is 4. The van der Waals surface area contributed by atoms with Crippen LogP contribution >= 0.6 is 0 Å². The number of imidazole rings is 1. The van der Waals surface area contributed by atoms with Gasteiger partial charge >= 0.3 is 0 Å². The topological polar surface area (TPSA) is 63.8 Å². The van der Waals surface area contributed by atoms with E-state index in [1.807, 2.05) is 31.2 Å². The number of aryl methyl sites for hydroxylation is 1. The molecular formula is C20H15FN4O. The zero-order valence-electron chi connectivity index (χ0n) is 14.0. The summed E-state index contributed by atoms with van der Waals surface area (Å²) in [6.07, 6.45) is 3.00. The molecule has 6 heteroatoms. The number of aromatic nitrogens is 4. The molecule has 2 heterocycles. The monoisotopic (exact) mass is 346 g/mol. The third kappa shape index (κ3) is 2.82. The number of hydrogen-bond donors (Lipinski definition) is 1. The quantitative estimate of drug-likeness (QED) is 0.560. The van der Waals surface area contributed by atoms with E-state index in [1.54, 1.807) is 24.4 Å². The number of rotatable bonds is 3. The van der Waals surface area contributed by atoms with Crippen molar-refractivity contribution in [3.05, 3.63) is 78.5 Å². The summed E-state index contributed by atoms with van der Waals surface area (Å²) in [6.45, 7) is 1.99. The molecule has 2 aromatic carbocycles. The van der Waals surface area contributed by atoms with Gasteiger partial charge in [-0.1, -0.05) is 29.8 Å². The van der Waals surface area contributed by atoms with E-state index in [0.29, 0.717) is 28.5 Å². The summed E-state index contributed by atoms with van der Waals surface area (Å²) >= 11 is 0. The molecule has 0 spiro atoms. The van der Waals surface area contributed by atoms with E-state index in [9.17, 15) is 9.60 Å². The molecule has 2 aromatic heterocycles. The van der Waals surface area contributed by atoms with Crippen LogP contribution in [0.4, 0.5) is 4.39 Å². The van der Waals surface area contributed by atoms with Gasteiger partial charge in [-0.15, -0.1) is 0 Å². The van der Waals surface area contributed by atoms with Gasteiger partial charge in [-0.2, -0.15) is 4.73 Å². The van der Waals surface area contributed by atoms with Gasteiger partial charge in [-0.3, -0.25) is 0 Å². The van der Waals surface area contributed by atoms with Gasteiger partial charge in [0.2, 0.25) is 0 Å². The molecule has 5 nitrogen and oxygen atoms in total. The first kappa shape index (κ1) is 16.0. The maximum atomic E-state index is 13.3. The van der Waals surface area contributed by atoms with Crippen molar-refractivity contribution in [3.8, 4) is 34.0 Å². The molecule has 0 radical (unpaired) electrons. The lowest BCUT2D eigenvalue weighted by Gasteiger charge is -2.05. The molecule has 4 rings (SSSR count). The molecular weight excluding hydrogens is 331 g/mol. The first-order valence-electron chi connectivity index (χ1n) is 8.05. The normalized spacial score (nSPS) is 10.8. The lowest BCUT2D eigenvalue weighted by molar-refractivity contribution is 0.195. The predicted molar refractivity (Wildman–Crippen MR) is 96.0 cm³/mol. The Morgan fingerprint density at radius 3 is 2.27 bits per heavy atom. The van der Waals surface area contributed by atoms with Gasteiger partial charge in [-0.05, 0) is 37.3 Å². The summed E-state index contributed by atoms with van der Waals surface area (Å²) in [6, 6.07) is 15.4. The van der Waals surface area contributed by atoms with Gasteiger partial charge in [0.05, 0.1) is 5.69 Å². The lowest BCUT2D eigenvalue weighted by atomic mass is 10.1. The second-order valence-corrected chi connectivity index (χ2v) is 5.91. The Hall–Kier alpha value is -3.54. The lowest BCUT2D eigenvalue weighted by Crippen LogP contribution is -1.99. The van der Waals surface area contributed by atoms with E-state index >= 15 is 0 Å². The second-order valence-electron chi connectivity index (χ2n) is 5.91. The van der Waals surface area contributed by atoms with Gasteiger partial charge in [0.1, 0.15) is 23.5 Å². The van der Waals surface area contributed by atoms with Gasteiger partial charge < -0.3 is 5.21 Å². The summed E-state index contributed by atoms with van der Waals surface area (Å²) in [5.41, 5.74) is 4.02. The minimum Gasteiger partial charge on any atom is -0.426 e.